The minimum atomic E-state index is -0.925. The van der Waals surface area contributed by atoms with Crippen LogP contribution in [0.5, 0.6) is 5.75 Å². The van der Waals surface area contributed by atoms with Crippen LogP contribution in [0.25, 0.3) is 16.8 Å². The second-order valence-corrected chi connectivity index (χ2v) is 5.00. The summed E-state index contributed by atoms with van der Waals surface area (Å²) in [4.78, 5) is 10.7. The third-order valence-corrected chi connectivity index (χ3v) is 3.56. The standard InChI is InChI=1S/C18H20O3/c1-3-4-5-16-13(8-11-18(19)20)6-7-14-12-15(21-2)9-10-17(14)16/h6-12H,3-5H2,1-2H3,(H,19,20). The molecule has 0 aromatic heterocycles. The molecule has 3 nitrogen and oxygen atoms in total. The molecule has 0 heterocycles. The molecule has 2 aromatic carbocycles. The molecule has 0 saturated heterocycles. The Bertz CT molecular complexity index is 671. The molecule has 21 heavy (non-hydrogen) atoms. The van der Waals surface area contributed by atoms with Crippen LogP contribution in [0.15, 0.2) is 36.4 Å². The SMILES string of the molecule is CCCCc1c(C=CC(=O)O)ccc2cc(OC)ccc12. The van der Waals surface area contributed by atoms with Crippen molar-refractivity contribution in [3.8, 4) is 5.75 Å². The molecule has 2 aromatic rings. The molecular formula is C18H20O3. The van der Waals surface area contributed by atoms with E-state index >= 15 is 0 Å². The summed E-state index contributed by atoms with van der Waals surface area (Å²) in [5.41, 5.74) is 2.18. The van der Waals surface area contributed by atoms with Crippen molar-refractivity contribution in [1.29, 1.82) is 0 Å². The molecule has 1 N–H and O–H groups in total. The van der Waals surface area contributed by atoms with Gasteiger partial charge in [0.2, 0.25) is 0 Å². The van der Waals surface area contributed by atoms with Gasteiger partial charge < -0.3 is 9.84 Å². The number of ether oxygens (including phenoxy) is 1. The van der Waals surface area contributed by atoms with E-state index in [0.717, 1.165) is 41.3 Å². The summed E-state index contributed by atoms with van der Waals surface area (Å²) in [6, 6.07) is 10.00. The summed E-state index contributed by atoms with van der Waals surface area (Å²) in [7, 11) is 1.66. The fourth-order valence-corrected chi connectivity index (χ4v) is 2.47. The molecule has 0 radical (unpaired) electrons. The highest BCUT2D eigenvalue weighted by Crippen LogP contribution is 2.28. The smallest absolute Gasteiger partial charge is 0.328 e. The van der Waals surface area contributed by atoms with Crippen molar-refractivity contribution >= 4 is 22.8 Å². The first-order chi connectivity index (χ1) is 10.2. The maximum absolute atomic E-state index is 10.7. The predicted octanol–water partition coefficient (Wildman–Crippen LogP) is 4.29. The predicted molar refractivity (Wildman–Crippen MR) is 85.8 cm³/mol. The van der Waals surface area contributed by atoms with E-state index in [0.29, 0.717) is 0 Å². The molecule has 0 bridgehead atoms. The number of rotatable bonds is 6. The van der Waals surface area contributed by atoms with Gasteiger partial charge in [0.1, 0.15) is 5.75 Å². The van der Waals surface area contributed by atoms with Gasteiger partial charge in [-0.15, -0.1) is 0 Å². The van der Waals surface area contributed by atoms with E-state index in [1.165, 1.54) is 11.6 Å². The lowest BCUT2D eigenvalue weighted by Gasteiger charge is -2.11. The zero-order chi connectivity index (χ0) is 15.2. The third-order valence-electron chi connectivity index (χ3n) is 3.56. The highest BCUT2D eigenvalue weighted by Gasteiger charge is 2.07. The lowest BCUT2D eigenvalue weighted by atomic mass is 9.94. The van der Waals surface area contributed by atoms with Gasteiger partial charge in [0.25, 0.3) is 0 Å². The molecule has 0 saturated carbocycles. The van der Waals surface area contributed by atoms with Crippen LogP contribution in [0.3, 0.4) is 0 Å². The Morgan fingerprint density at radius 2 is 2.10 bits per heavy atom. The van der Waals surface area contributed by atoms with E-state index in [-0.39, 0.29) is 0 Å². The average Bonchev–Trinajstić information content (AvgIpc) is 2.50. The second-order valence-electron chi connectivity index (χ2n) is 5.00. The van der Waals surface area contributed by atoms with Crippen molar-refractivity contribution in [1.82, 2.24) is 0 Å². The van der Waals surface area contributed by atoms with E-state index < -0.39 is 5.97 Å². The highest BCUT2D eigenvalue weighted by molar-refractivity contribution is 5.92. The number of unbranched alkanes of at least 4 members (excludes halogenated alkanes) is 1. The summed E-state index contributed by atoms with van der Waals surface area (Å²) in [5, 5.41) is 11.1. The molecule has 2 rings (SSSR count). The number of carboxylic acids is 1. The Labute approximate surface area is 124 Å². The van der Waals surface area contributed by atoms with Gasteiger partial charge in [0, 0.05) is 6.08 Å². The van der Waals surface area contributed by atoms with E-state index in [4.69, 9.17) is 9.84 Å². The summed E-state index contributed by atoms with van der Waals surface area (Å²) in [6.07, 6.45) is 6.00. The van der Waals surface area contributed by atoms with Crippen molar-refractivity contribution in [3.05, 3.63) is 47.5 Å². The molecule has 0 amide bonds. The summed E-state index contributed by atoms with van der Waals surface area (Å²) >= 11 is 0. The fourth-order valence-electron chi connectivity index (χ4n) is 2.47. The minimum Gasteiger partial charge on any atom is -0.497 e. The van der Waals surface area contributed by atoms with Gasteiger partial charge in [-0.2, -0.15) is 0 Å². The van der Waals surface area contributed by atoms with Gasteiger partial charge in [-0.1, -0.05) is 31.5 Å². The molecule has 110 valence electrons. The lowest BCUT2D eigenvalue weighted by Crippen LogP contribution is -1.94. The number of hydrogen-bond donors (Lipinski definition) is 1. The van der Waals surface area contributed by atoms with Crippen LogP contribution in [0, 0.1) is 0 Å². The first-order valence-corrected chi connectivity index (χ1v) is 7.16. The summed E-state index contributed by atoms with van der Waals surface area (Å²) < 4.78 is 5.26. The van der Waals surface area contributed by atoms with E-state index in [1.54, 1.807) is 13.2 Å². The largest absolute Gasteiger partial charge is 0.497 e. The number of fused-ring (bicyclic) bond motifs is 1. The number of methoxy groups -OCH3 is 1. The first-order valence-electron chi connectivity index (χ1n) is 7.16. The van der Waals surface area contributed by atoms with Gasteiger partial charge in [-0.3, -0.25) is 0 Å². The van der Waals surface area contributed by atoms with Gasteiger partial charge in [0.15, 0.2) is 0 Å². The van der Waals surface area contributed by atoms with Crippen molar-refractivity contribution < 1.29 is 14.6 Å². The number of benzene rings is 2. The Balaban J connectivity index is 2.55. The van der Waals surface area contributed by atoms with Crippen molar-refractivity contribution in [2.45, 2.75) is 26.2 Å². The number of carbonyl (C=O) groups is 1. The number of carboxylic acid groups (broad SMARTS) is 1. The molecule has 0 aliphatic heterocycles. The Morgan fingerprint density at radius 3 is 2.76 bits per heavy atom. The van der Waals surface area contributed by atoms with Crippen LogP contribution in [0.4, 0.5) is 0 Å². The van der Waals surface area contributed by atoms with Crippen LogP contribution in [0.2, 0.25) is 0 Å². The maximum atomic E-state index is 10.7. The molecule has 0 fully saturated rings. The van der Waals surface area contributed by atoms with E-state index in [1.807, 2.05) is 24.3 Å². The third kappa shape index (κ3) is 3.63. The zero-order valence-corrected chi connectivity index (χ0v) is 12.4. The quantitative estimate of drug-likeness (QED) is 0.805. The number of hydrogen-bond acceptors (Lipinski definition) is 2. The van der Waals surface area contributed by atoms with Crippen LogP contribution >= 0.6 is 0 Å². The number of aryl methyl sites for hydroxylation is 1. The van der Waals surface area contributed by atoms with Crippen molar-refractivity contribution in [3.63, 3.8) is 0 Å². The molecule has 0 unspecified atom stereocenters. The lowest BCUT2D eigenvalue weighted by molar-refractivity contribution is -0.131. The highest BCUT2D eigenvalue weighted by atomic mass is 16.5. The molecule has 3 heteroatoms. The van der Waals surface area contributed by atoms with Gasteiger partial charge in [0.05, 0.1) is 7.11 Å². The molecule has 0 atom stereocenters. The van der Waals surface area contributed by atoms with E-state index in [2.05, 4.69) is 13.0 Å². The molecule has 0 spiro atoms. The van der Waals surface area contributed by atoms with Gasteiger partial charge in [-0.05, 0) is 52.9 Å². The Hall–Kier alpha value is -2.29. The van der Waals surface area contributed by atoms with Crippen LogP contribution < -0.4 is 4.74 Å². The summed E-state index contributed by atoms with van der Waals surface area (Å²) in [5.74, 6) is -0.0935. The van der Waals surface area contributed by atoms with Gasteiger partial charge in [-0.25, -0.2) is 4.79 Å². The van der Waals surface area contributed by atoms with Crippen LogP contribution in [0.1, 0.15) is 30.9 Å². The Morgan fingerprint density at radius 1 is 1.29 bits per heavy atom. The zero-order valence-electron chi connectivity index (χ0n) is 12.4. The van der Waals surface area contributed by atoms with Crippen molar-refractivity contribution in [2.75, 3.05) is 7.11 Å². The van der Waals surface area contributed by atoms with Crippen molar-refractivity contribution in [2.24, 2.45) is 0 Å². The monoisotopic (exact) mass is 284 g/mol. The topological polar surface area (TPSA) is 46.5 Å². The van der Waals surface area contributed by atoms with E-state index in [9.17, 15) is 4.79 Å². The normalized spacial score (nSPS) is 11.1. The average molecular weight is 284 g/mol. The summed E-state index contributed by atoms with van der Waals surface area (Å²) in [6.45, 7) is 2.15. The Kier molecular flexibility index (Phi) is 4.99. The number of aliphatic carboxylic acids is 1. The maximum Gasteiger partial charge on any atom is 0.328 e. The van der Waals surface area contributed by atoms with Gasteiger partial charge >= 0.3 is 5.97 Å². The minimum absolute atomic E-state index is 0.831. The first kappa shape index (κ1) is 15.1. The second kappa shape index (κ2) is 6.93. The molecule has 0 aliphatic carbocycles. The fraction of sp³-hybridized carbons (Fsp3) is 0.278. The van der Waals surface area contributed by atoms with Crippen LogP contribution in [-0.2, 0) is 11.2 Å². The molecule has 0 aliphatic rings. The molecular weight excluding hydrogens is 264 g/mol. The van der Waals surface area contributed by atoms with Crippen LogP contribution in [-0.4, -0.2) is 18.2 Å².